The van der Waals surface area contributed by atoms with Gasteiger partial charge >= 0.3 is 11.9 Å². The van der Waals surface area contributed by atoms with E-state index in [0.29, 0.717) is 0 Å². The van der Waals surface area contributed by atoms with Crippen molar-refractivity contribution in [3.8, 4) is 0 Å². The van der Waals surface area contributed by atoms with Crippen molar-refractivity contribution < 1.29 is 19.8 Å². The van der Waals surface area contributed by atoms with Gasteiger partial charge in [-0.3, -0.25) is 0 Å². The zero-order chi connectivity index (χ0) is 15.2. The van der Waals surface area contributed by atoms with Crippen LogP contribution in [0.4, 0.5) is 11.6 Å². The number of carbonyl (C=O) groups is 2. The van der Waals surface area contributed by atoms with Crippen molar-refractivity contribution in [1.82, 2.24) is 10.2 Å². The number of anilines is 2. The van der Waals surface area contributed by atoms with Crippen LogP contribution >= 0.6 is 0 Å². The van der Waals surface area contributed by atoms with Gasteiger partial charge in [0.25, 0.3) is 0 Å². The van der Waals surface area contributed by atoms with Crippen LogP contribution in [0, 0.1) is 0 Å². The largest absolute Gasteiger partial charge is 0.477 e. The molecule has 8 heteroatoms. The molecule has 0 saturated carbocycles. The standard InChI is InChI=1S/C13H16N4O4/c18-12(19)9(13(20)21)8-14-10-4-5-11(16-15-10)17-6-2-1-3-7-17/h4-5,8H,1-3,6-7H2,(H,14,15)(H,18,19)(H,20,21). The summed E-state index contributed by atoms with van der Waals surface area (Å²) >= 11 is 0. The molecule has 0 amide bonds. The van der Waals surface area contributed by atoms with Gasteiger partial charge in [-0.2, -0.15) is 0 Å². The molecule has 8 nitrogen and oxygen atoms in total. The molecule has 0 radical (unpaired) electrons. The number of piperidine rings is 1. The number of carboxylic acids is 2. The fraction of sp³-hybridized carbons (Fsp3) is 0.385. The third-order valence-corrected chi connectivity index (χ3v) is 3.16. The molecular weight excluding hydrogens is 276 g/mol. The zero-order valence-electron chi connectivity index (χ0n) is 11.3. The van der Waals surface area contributed by atoms with Crippen molar-refractivity contribution >= 4 is 23.6 Å². The summed E-state index contributed by atoms with van der Waals surface area (Å²) in [7, 11) is 0. The smallest absolute Gasteiger partial charge is 0.344 e. The fourth-order valence-electron chi connectivity index (χ4n) is 2.05. The van der Waals surface area contributed by atoms with Crippen LogP contribution in [0.15, 0.2) is 23.9 Å². The molecule has 1 aromatic rings. The highest BCUT2D eigenvalue weighted by molar-refractivity contribution is 6.12. The van der Waals surface area contributed by atoms with Crippen LogP contribution in [0.1, 0.15) is 19.3 Å². The Hall–Kier alpha value is -2.64. The van der Waals surface area contributed by atoms with Crippen LogP contribution in [0.25, 0.3) is 0 Å². The Kier molecular flexibility index (Phi) is 4.70. The van der Waals surface area contributed by atoms with Crippen molar-refractivity contribution in [2.75, 3.05) is 23.3 Å². The number of carboxylic acid groups (broad SMARTS) is 2. The number of nitrogens with one attached hydrogen (secondary N) is 1. The number of nitrogens with zero attached hydrogens (tertiary/aromatic N) is 3. The van der Waals surface area contributed by atoms with Gasteiger partial charge in [0, 0.05) is 19.3 Å². The Morgan fingerprint density at radius 1 is 1.10 bits per heavy atom. The molecule has 1 aliphatic rings. The van der Waals surface area contributed by atoms with Gasteiger partial charge in [0.1, 0.15) is 0 Å². The van der Waals surface area contributed by atoms with Crippen LogP contribution in [-0.2, 0) is 9.59 Å². The highest BCUT2D eigenvalue weighted by atomic mass is 16.4. The van der Waals surface area contributed by atoms with Crippen molar-refractivity contribution in [3.05, 3.63) is 23.9 Å². The van der Waals surface area contributed by atoms with E-state index in [-0.39, 0.29) is 5.82 Å². The van der Waals surface area contributed by atoms with Gasteiger partial charge in [-0.05, 0) is 31.4 Å². The SMILES string of the molecule is O=C(O)C(=CNc1ccc(N2CCCCC2)nn1)C(=O)O. The predicted molar refractivity (Wildman–Crippen MR) is 75.1 cm³/mol. The fourth-order valence-corrected chi connectivity index (χ4v) is 2.05. The molecule has 3 N–H and O–H groups in total. The number of aromatic nitrogens is 2. The molecular formula is C13H16N4O4. The van der Waals surface area contributed by atoms with E-state index in [4.69, 9.17) is 10.2 Å². The van der Waals surface area contributed by atoms with Crippen molar-refractivity contribution in [2.45, 2.75) is 19.3 Å². The Morgan fingerprint density at radius 3 is 2.29 bits per heavy atom. The van der Waals surface area contributed by atoms with Crippen LogP contribution in [0.2, 0.25) is 0 Å². The second-order valence-electron chi connectivity index (χ2n) is 4.64. The first-order valence-electron chi connectivity index (χ1n) is 6.60. The van der Waals surface area contributed by atoms with Crippen LogP contribution in [0.5, 0.6) is 0 Å². The summed E-state index contributed by atoms with van der Waals surface area (Å²) in [6.45, 7) is 1.90. The maximum absolute atomic E-state index is 10.7. The number of hydrogen-bond acceptors (Lipinski definition) is 6. The van der Waals surface area contributed by atoms with Gasteiger partial charge in [-0.25, -0.2) is 9.59 Å². The topological polar surface area (TPSA) is 116 Å². The Morgan fingerprint density at radius 2 is 1.76 bits per heavy atom. The van der Waals surface area contributed by atoms with E-state index in [1.165, 1.54) is 6.42 Å². The maximum atomic E-state index is 10.7. The highest BCUT2D eigenvalue weighted by Gasteiger charge is 2.16. The second-order valence-corrected chi connectivity index (χ2v) is 4.64. The quantitative estimate of drug-likeness (QED) is 0.417. The summed E-state index contributed by atoms with van der Waals surface area (Å²) in [6, 6.07) is 3.41. The average molecular weight is 292 g/mol. The van der Waals surface area contributed by atoms with Gasteiger partial charge < -0.3 is 20.4 Å². The first-order valence-corrected chi connectivity index (χ1v) is 6.60. The molecule has 1 saturated heterocycles. The lowest BCUT2D eigenvalue weighted by Crippen LogP contribution is -2.30. The van der Waals surface area contributed by atoms with Crippen molar-refractivity contribution in [3.63, 3.8) is 0 Å². The summed E-state index contributed by atoms with van der Waals surface area (Å²) < 4.78 is 0. The Balaban J connectivity index is 2.03. The zero-order valence-corrected chi connectivity index (χ0v) is 11.3. The third-order valence-electron chi connectivity index (χ3n) is 3.16. The molecule has 0 bridgehead atoms. The summed E-state index contributed by atoms with van der Waals surface area (Å²) in [4.78, 5) is 23.5. The molecule has 112 valence electrons. The molecule has 21 heavy (non-hydrogen) atoms. The van der Waals surface area contributed by atoms with E-state index in [0.717, 1.165) is 37.9 Å². The normalized spacial score (nSPS) is 14.4. The lowest BCUT2D eigenvalue weighted by Gasteiger charge is -2.27. The molecule has 0 aliphatic carbocycles. The molecule has 0 unspecified atom stereocenters. The number of hydrogen-bond donors (Lipinski definition) is 3. The molecule has 0 spiro atoms. The summed E-state index contributed by atoms with van der Waals surface area (Å²) in [5, 5.41) is 27.9. The van der Waals surface area contributed by atoms with Crippen molar-refractivity contribution in [1.29, 1.82) is 0 Å². The second kappa shape index (κ2) is 6.69. The molecule has 1 aliphatic heterocycles. The van der Waals surface area contributed by atoms with E-state index < -0.39 is 17.5 Å². The minimum absolute atomic E-state index is 0.288. The van der Waals surface area contributed by atoms with Crippen LogP contribution in [0.3, 0.4) is 0 Å². The summed E-state index contributed by atoms with van der Waals surface area (Å²) in [5.41, 5.74) is -0.767. The third kappa shape index (κ3) is 3.91. The monoisotopic (exact) mass is 292 g/mol. The average Bonchev–Trinajstić information content (AvgIpc) is 2.48. The minimum atomic E-state index is -1.52. The van der Waals surface area contributed by atoms with Gasteiger partial charge in [0.05, 0.1) is 0 Å². The number of aliphatic carboxylic acids is 2. The van der Waals surface area contributed by atoms with E-state index in [1.807, 2.05) is 0 Å². The minimum Gasteiger partial charge on any atom is -0.477 e. The maximum Gasteiger partial charge on any atom is 0.344 e. The molecule has 1 fully saturated rings. The van der Waals surface area contributed by atoms with Crippen molar-refractivity contribution in [2.24, 2.45) is 0 Å². The van der Waals surface area contributed by atoms with Gasteiger partial charge in [0.2, 0.25) is 0 Å². The summed E-state index contributed by atoms with van der Waals surface area (Å²) in [5.74, 6) is -1.99. The van der Waals surface area contributed by atoms with Gasteiger partial charge in [-0.15, -0.1) is 10.2 Å². The lowest BCUT2D eigenvalue weighted by molar-refractivity contribution is -0.140. The van der Waals surface area contributed by atoms with Crippen LogP contribution in [-0.4, -0.2) is 45.4 Å². The van der Waals surface area contributed by atoms with Crippen LogP contribution < -0.4 is 10.2 Å². The predicted octanol–water partition coefficient (Wildman–Crippen LogP) is 0.932. The van der Waals surface area contributed by atoms with E-state index in [9.17, 15) is 9.59 Å². The highest BCUT2D eigenvalue weighted by Crippen LogP contribution is 2.17. The molecule has 1 aromatic heterocycles. The molecule has 2 heterocycles. The lowest BCUT2D eigenvalue weighted by atomic mass is 10.1. The number of rotatable bonds is 5. The van der Waals surface area contributed by atoms with Gasteiger partial charge in [0.15, 0.2) is 17.2 Å². The first-order chi connectivity index (χ1) is 10.1. The molecule has 0 atom stereocenters. The molecule has 2 rings (SSSR count). The Bertz CT molecular complexity index is 534. The van der Waals surface area contributed by atoms with Gasteiger partial charge in [-0.1, -0.05) is 0 Å². The molecule has 0 aromatic carbocycles. The van der Waals surface area contributed by atoms with E-state index in [2.05, 4.69) is 20.4 Å². The van der Waals surface area contributed by atoms with E-state index >= 15 is 0 Å². The first kappa shape index (κ1) is 14.8. The van der Waals surface area contributed by atoms with E-state index in [1.54, 1.807) is 12.1 Å². The Labute approximate surface area is 121 Å². The summed E-state index contributed by atoms with van der Waals surface area (Å²) in [6.07, 6.45) is 4.37.